The average Bonchev–Trinajstić information content (AvgIpc) is 2.74. The summed E-state index contributed by atoms with van der Waals surface area (Å²) in [5.41, 5.74) is 3.19. The van der Waals surface area contributed by atoms with Gasteiger partial charge >= 0.3 is 0 Å². The molecule has 0 saturated heterocycles. The van der Waals surface area contributed by atoms with Gasteiger partial charge < -0.3 is 9.88 Å². The molecule has 0 unspecified atom stereocenters. The molecule has 3 aromatic rings. The van der Waals surface area contributed by atoms with Crippen molar-refractivity contribution in [2.45, 2.75) is 13.5 Å². The van der Waals surface area contributed by atoms with E-state index in [2.05, 4.69) is 25.9 Å². The van der Waals surface area contributed by atoms with Crippen molar-refractivity contribution in [3.63, 3.8) is 0 Å². The molecule has 4 nitrogen and oxygen atoms in total. The molecule has 0 radical (unpaired) electrons. The predicted octanol–water partition coefficient (Wildman–Crippen LogP) is 2.89. The largest absolute Gasteiger partial charge is 0.363 e. The van der Waals surface area contributed by atoms with E-state index in [1.165, 1.54) is 0 Å². The molecule has 19 heavy (non-hydrogen) atoms. The lowest BCUT2D eigenvalue weighted by Gasteiger charge is -2.06. The van der Waals surface area contributed by atoms with Gasteiger partial charge in [0.2, 0.25) is 0 Å². The quantitative estimate of drug-likeness (QED) is 0.779. The molecule has 0 saturated carbocycles. The second-order valence-corrected chi connectivity index (χ2v) is 4.59. The van der Waals surface area contributed by atoms with Crippen LogP contribution in [0.4, 0.5) is 5.82 Å². The molecular formula is C15H16N4. The summed E-state index contributed by atoms with van der Waals surface area (Å²) in [5.74, 6) is 1.89. The van der Waals surface area contributed by atoms with E-state index in [0.29, 0.717) is 6.54 Å². The van der Waals surface area contributed by atoms with Gasteiger partial charge in [-0.3, -0.25) is 0 Å². The first-order chi connectivity index (χ1) is 9.24. The zero-order valence-corrected chi connectivity index (χ0v) is 11.1. The first kappa shape index (κ1) is 11.7. The van der Waals surface area contributed by atoms with Crippen LogP contribution in [0.5, 0.6) is 0 Å². The lowest BCUT2D eigenvalue weighted by Crippen LogP contribution is -2.07. The summed E-state index contributed by atoms with van der Waals surface area (Å²) in [5, 5.41) is 3.31. The van der Waals surface area contributed by atoms with Crippen LogP contribution in [0.15, 0.2) is 42.5 Å². The van der Waals surface area contributed by atoms with Gasteiger partial charge in [0.1, 0.15) is 11.6 Å². The highest BCUT2D eigenvalue weighted by atomic mass is 15.1. The van der Waals surface area contributed by atoms with Crippen molar-refractivity contribution in [1.82, 2.24) is 14.5 Å². The zero-order valence-electron chi connectivity index (χ0n) is 11.1. The van der Waals surface area contributed by atoms with Crippen molar-refractivity contribution in [2.24, 2.45) is 7.05 Å². The topological polar surface area (TPSA) is 42.7 Å². The third-order valence-electron chi connectivity index (χ3n) is 3.20. The molecule has 0 aliphatic rings. The number of aromatic nitrogens is 3. The van der Waals surface area contributed by atoms with Gasteiger partial charge in [-0.1, -0.05) is 18.2 Å². The van der Waals surface area contributed by atoms with Crippen molar-refractivity contribution < 1.29 is 0 Å². The van der Waals surface area contributed by atoms with E-state index in [1.807, 2.05) is 50.4 Å². The number of para-hydroxylation sites is 2. The molecule has 4 heteroatoms. The van der Waals surface area contributed by atoms with Crippen LogP contribution in [-0.4, -0.2) is 14.5 Å². The Morgan fingerprint density at radius 1 is 1.05 bits per heavy atom. The molecule has 0 atom stereocenters. The van der Waals surface area contributed by atoms with Crippen LogP contribution in [0, 0.1) is 6.92 Å². The highest BCUT2D eigenvalue weighted by Crippen LogP contribution is 2.15. The van der Waals surface area contributed by atoms with Gasteiger partial charge in [0.05, 0.1) is 17.6 Å². The average molecular weight is 252 g/mol. The number of benzene rings is 1. The number of anilines is 1. The normalized spacial score (nSPS) is 10.8. The second-order valence-electron chi connectivity index (χ2n) is 4.59. The predicted molar refractivity (Wildman–Crippen MR) is 77.0 cm³/mol. The Bertz CT molecular complexity index is 715. The highest BCUT2D eigenvalue weighted by molar-refractivity contribution is 5.75. The summed E-state index contributed by atoms with van der Waals surface area (Å²) in [6.07, 6.45) is 0. The molecular weight excluding hydrogens is 236 g/mol. The summed E-state index contributed by atoms with van der Waals surface area (Å²) >= 11 is 0. The fourth-order valence-electron chi connectivity index (χ4n) is 2.16. The molecule has 0 amide bonds. The summed E-state index contributed by atoms with van der Waals surface area (Å²) in [4.78, 5) is 9.05. The molecule has 0 bridgehead atoms. The van der Waals surface area contributed by atoms with Gasteiger partial charge in [0.25, 0.3) is 0 Å². The van der Waals surface area contributed by atoms with E-state index in [9.17, 15) is 0 Å². The van der Waals surface area contributed by atoms with Crippen LogP contribution >= 0.6 is 0 Å². The minimum absolute atomic E-state index is 0.668. The molecule has 96 valence electrons. The second kappa shape index (κ2) is 4.72. The monoisotopic (exact) mass is 252 g/mol. The maximum Gasteiger partial charge on any atom is 0.129 e. The molecule has 3 rings (SSSR count). The van der Waals surface area contributed by atoms with E-state index in [4.69, 9.17) is 0 Å². The Kier molecular flexibility index (Phi) is 2.91. The standard InChI is InChI=1S/C15H16N4/c1-11-6-5-9-14(17-11)16-10-15-18-12-7-3-4-8-13(12)19(15)2/h3-9H,10H2,1-2H3,(H,16,17). The number of nitrogens with one attached hydrogen (secondary N) is 1. The van der Waals surface area contributed by atoms with Crippen molar-refractivity contribution in [3.8, 4) is 0 Å². The van der Waals surface area contributed by atoms with Gasteiger partial charge in [0.15, 0.2) is 0 Å². The number of aryl methyl sites for hydroxylation is 2. The van der Waals surface area contributed by atoms with Gasteiger partial charge in [-0.25, -0.2) is 9.97 Å². The van der Waals surface area contributed by atoms with Crippen molar-refractivity contribution in [1.29, 1.82) is 0 Å². The Hall–Kier alpha value is -2.36. The van der Waals surface area contributed by atoms with Crippen LogP contribution in [0.3, 0.4) is 0 Å². The van der Waals surface area contributed by atoms with E-state index in [1.54, 1.807) is 0 Å². The lowest BCUT2D eigenvalue weighted by molar-refractivity contribution is 0.831. The Balaban J connectivity index is 1.84. The van der Waals surface area contributed by atoms with E-state index in [-0.39, 0.29) is 0 Å². The fraction of sp³-hybridized carbons (Fsp3) is 0.200. The first-order valence-corrected chi connectivity index (χ1v) is 6.32. The van der Waals surface area contributed by atoms with Crippen molar-refractivity contribution in [2.75, 3.05) is 5.32 Å². The third kappa shape index (κ3) is 2.29. The molecule has 0 aliphatic carbocycles. The minimum Gasteiger partial charge on any atom is -0.363 e. The third-order valence-corrected chi connectivity index (χ3v) is 3.20. The number of hydrogen-bond donors (Lipinski definition) is 1. The van der Waals surface area contributed by atoms with Gasteiger partial charge in [0, 0.05) is 12.7 Å². The van der Waals surface area contributed by atoms with Crippen LogP contribution in [0.2, 0.25) is 0 Å². The molecule has 1 aromatic carbocycles. The number of imidazole rings is 1. The Morgan fingerprint density at radius 3 is 2.68 bits per heavy atom. The van der Waals surface area contributed by atoms with Crippen molar-refractivity contribution in [3.05, 3.63) is 54.0 Å². The first-order valence-electron chi connectivity index (χ1n) is 6.32. The lowest BCUT2D eigenvalue weighted by atomic mass is 10.3. The molecule has 1 N–H and O–H groups in total. The summed E-state index contributed by atoms with van der Waals surface area (Å²) in [6, 6.07) is 14.1. The number of fused-ring (bicyclic) bond motifs is 1. The minimum atomic E-state index is 0.668. The number of pyridine rings is 1. The SMILES string of the molecule is Cc1cccc(NCc2nc3ccccc3n2C)n1. The Morgan fingerprint density at radius 2 is 1.89 bits per heavy atom. The van der Waals surface area contributed by atoms with Crippen LogP contribution in [0.1, 0.15) is 11.5 Å². The molecule has 0 aliphatic heterocycles. The summed E-state index contributed by atoms with van der Waals surface area (Å²) in [6.45, 7) is 2.65. The number of nitrogens with zero attached hydrogens (tertiary/aromatic N) is 3. The van der Waals surface area contributed by atoms with E-state index >= 15 is 0 Å². The van der Waals surface area contributed by atoms with Gasteiger partial charge in [-0.15, -0.1) is 0 Å². The van der Waals surface area contributed by atoms with Crippen LogP contribution in [0.25, 0.3) is 11.0 Å². The maximum absolute atomic E-state index is 4.62. The van der Waals surface area contributed by atoms with E-state index < -0.39 is 0 Å². The summed E-state index contributed by atoms with van der Waals surface area (Å²) in [7, 11) is 2.04. The fourth-order valence-corrected chi connectivity index (χ4v) is 2.16. The number of hydrogen-bond acceptors (Lipinski definition) is 3. The molecule has 2 aromatic heterocycles. The van der Waals surface area contributed by atoms with Gasteiger partial charge in [-0.05, 0) is 31.2 Å². The van der Waals surface area contributed by atoms with Gasteiger partial charge in [-0.2, -0.15) is 0 Å². The smallest absolute Gasteiger partial charge is 0.129 e. The number of rotatable bonds is 3. The maximum atomic E-state index is 4.62. The molecule has 2 heterocycles. The van der Waals surface area contributed by atoms with Crippen LogP contribution in [-0.2, 0) is 13.6 Å². The van der Waals surface area contributed by atoms with Crippen molar-refractivity contribution >= 4 is 16.9 Å². The molecule has 0 spiro atoms. The highest BCUT2D eigenvalue weighted by Gasteiger charge is 2.06. The summed E-state index contributed by atoms with van der Waals surface area (Å²) < 4.78 is 2.11. The van der Waals surface area contributed by atoms with Crippen LogP contribution < -0.4 is 5.32 Å². The van der Waals surface area contributed by atoms with E-state index in [0.717, 1.165) is 28.4 Å². The molecule has 0 fully saturated rings. The zero-order chi connectivity index (χ0) is 13.2. The Labute approximate surface area is 112 Å².